The molecular weight excluding hydrogens is 399 g/mol. The number of benzene rings is 3. The molecule has 0 fully saturated rings. The molecule has 0 aliphatic rings. The molecule has 0 aliphatic carbocycles. The normalized spacial score (nSPS) is 11.1. The Hall–Kier alpha value is -3.42. The lowest BCUT2D eigenvalue weighted by molar-refractivity contribution is -0.112. The van der Waals surface area contributed by atoms with Gasteiger partial charge in [-0.25, -0.2) is 4.39 Å². The van der Waals surface area contributed by atoms with Gasteiger partial charge in [-0.3, -0.25) is 4.79 Å². The largest absolute Gasteiger partial charge is 0.321 e. The van der Waals surface area contributed by atoms with Crippen LogP contribution in [0.15, 0.2) is 66.2 Å². The third-order valence-electron chi connectivity index (χ3n) is 4.68. The number of amides is 1. The van der Waals surface area contributed by atoms with Crippen LogP contribution in [-0.4, -0.2) is 5.91 Å². The fourth-order valence-electron chi connectivity index (χ4n) is 3.04. The summed E-state index contributed by atoms with van der Waals surface area (Å²) in [5, 5.41) is 12.7. The van der Waals surface area contributed by atoms with Crippen LogP contribution in [0.1, 0.15) is 27.8 Å². The lowest BCUT2D eigenvalue weighted by Crippen LogP contribution is -2.14. The van der Waals surface area contributed by atoms with Crippen molar-refractivity contribution in [3.63, 3.8) is 0 Å². The van der Waals surface area contributed by atoms with Crippen LogP contribution < -0.4 is 5.32 Å². The molecule has 0 bridgehead atoms. The molecule has 0 heterocycles. The van der Waals surface area contributed by atoms with Gasteiger partial charge in [-0.1, -0.05) is 48.0 Å². The first-order chi connectivity index (χ1) is 14.4. The number of nitriles is 1. The fraction of sp³-hybridized carbons (Fsp3) is 0.120. The zero-order valence-electron chi connectivity index (χ0n) is 16.7. The van der Waals surface area contributed by atoms with Crippen LogP contribution in [0.4, 0.5) is 10.1 Å². The molecule has 0 aliphatic heterocycles. The predicted molar refractivity (Wildman–Crippen MR) is 119 cm³/mol. The molecule has 3 aromatic carbocycles. The third kappa shape index (κ3) is 5.34. The first kappa shape index (κ1) is 21.3. The maximum absolute atomic E-state index is 13.4. The summed E-state index contributed by atoms with van der Waals surface area (Å²) in [7, 11) is 0. The number of nitrogens with zero attached hydrogens (tertiary/aromatic N) is 1. The highest BCUT2D eigenvalue weighted by Crippen LogP contribution is 2.23. The molecule has 0 saturated heterocycles. The molecule has 3 rings (SSSR count). The van der Waals surface area contributed by atoms with E-state index >= 15 is 0 Å². The van der Waals surface area contributed by atoms with Crippen LogP contribution in [-0.2, 0) is 11.2 Å². The molecule has 1 amide bonds. The van der Waals surface area contributed by atoms with Gasteiger partial charge in [-0.15, -0.1) is 0 Å². The quantitative estimate of drug-likeness (QED) is 0.394. The summed E-state index contributed by atoms with van der Waals surface area (Å²) in [6.45, 7) is 3.82. The van der Waals surface area contributed by atoms with E-state index in [1.165, 1.54) is 18.2 Å². The van der Waals surface area contributed by atoms with Gasteiger partial charge in [0.2, 0.25) is 0 Å². The minimum absolute atomic E-state index is 0.0233. The van der Waals surface area contributed by atoms with Gasteiger partial charge >= 0.3 is 0 Å². The number of rotatable bonds is 5. The van der Waals surface area contributed by atoms with E-state index in [1.54, 1.807) is 18.2 Å². The number of anilines is 1. The second-order valence-electron chi connectivity index (χ2n) is 7.10. The van der Waals surface area contributed by atoms with Gasteiger partial charge in [0.25, 0.3) is 5.91 Å². The van der Waals surface area contributed by atoms with Crippen LogP contribution in [0.3, 0.4) is 0 Å². The highest BCUT2D eigenvalue weighted by molar-refractivity contribution is 6.31. The van der Waals surface area contributed by atoms with Crippen molar-refractivity contribution >= 4 is 29.3 Å². The summed E-state index contributed by atoms with van der Waals surface area (Å²) < 4.78 is 13.4. The molecule has 3 nitrogen and oxygen atoms in total. The Morgan fingerprint density at radius 1 is 1.13 bits per heavy atom. The minimum atomic E-state index is -0.480. The van der Waals surface area contributed by atoms with Gasteiger partial charge in [0.05, 0.1) is 0 Å². The van der Waals surface area contributed by atoms with Gasteiger partial charge in [0, 0.05) is 10.7 Å². The topological polar surface area (TPSA) is 52.9 Å². The summed E-state index contributed by atoms with van der Waals surface area (Å²) in [4.78, 5) is 12.6. The van der Waals surface area contributed by atoms with Crippen molar-refractivity contribution in [1.29, 1.82) is 5.26 Å². The zero-order valence-corrected chi connectivity index (χ0v) is 17.4. The number of aryl methyl sites for hydroxylation is 2. The van der Waals surface area contributed by atoms with Gasteiger partial charge in [0.15, 0.2) is 0 Å². The molecule has 1 N–H and O–H groups in total. The summed E-state index contributed by atoms with van der Waals surface area (Å²) in [6.07, 6.45) is 1.98. The van der Waals surface area contributed by atoms with Crippen molar-refractivity contribution < 1.29 is 9.18 Å². The van der Waals surface area contributed by atoms with E-state index in [0.29, 0.717) is 22.7 Å². The summed E-state index contributed by atoms with van der Waals surface area (Å²) in [5.74, 6) is -0.775. The van der Waals surface area contributed by atoms with Gasteiger partial charge in [-0.05, 0) is 78.4 Å². The van der Waals surface area contributed by atoms with Crippen molar-refractivity contribution in [1.82, 2.24) is 0 Å². The molecule has 0 radical (unpaired) electrons. The van der Waals surface area contributed by atoms with Crippen LogP contribution in [0.5, 0.6) is 0 Å². The first-order valence-electron chi connectivity index (χ1n) is 9.39. The summed E-state index contributed by atoms with van der Waals surface area (Å²) in [6, 6.07) is 19.3. The second-order valence-corrected chi connectivity index (χ2v) is 7.51. The number of halogens is 2. The molecular formula is C25H20ClFN2O. The Balaban J connectivity index is 1.80. The highest BCUT2D eigenvalue weighted by atomic mass is 35.5. The number of carbonyl (C=O) groups is 1. The molecule has 0 atom stereocenters. The Morgan fingerprint density at radius 3 is 2.63 bits per heavy atom. The maximum Gasteiger partial charge on any atom is 0.266 e. The Bertz CT molecular complexity index is 1180. The summed E-state index contributed by atoms with van der Waals surface area (Å²) in [5.41, 5.74) is 4.85. The van der Waals surface area contributed by atoms with E-state index in [-0.39, 0.29) is 11.4 Å². The standard InChI is InChI=1S/C25H20ClFN2O/c1-16-6-7-17(2)24(10-16)29-25(30)21(15-28)12-19-8-9-20(23(26)14-19)11-18-4-3-5-22(27)13-18/h3-10,12-14H,11H2,1-2H3,(H,29,30)/b21-12+. The number of hydrogen-bond donors (Lipinski definition) is 1. The predicted octanol–water partition coefficient (Wildman–Crippen LogP) is 6.23. The number of carbonyl (C=O) groups excluding carboxylic acids is 1. The van der Waals surface area contributed by atoms with E-state index in [4.69, 9.17) is 11.6 Å². The van der Waals surface area contributed by atoms with E-state index in [9.17, 15) is 14.4 Å². The lowest BCUT2D eigenvalue weighted by Gasteiger charge is -2.09. The lowest BCUT2D eigenvalue weighted by atomic mass is 10.0. The molecule has 0 spiro atoms. The monoisotopic (exact) mass is 418 g/mol. The minimum Gasteiger partial charge on any atom is -0.321 e. The van der Waals surface area contributed by atoms with Crippen LogP contribution >= 0.6 is 11.6 Å². The van der Waals surface area contributed by atoms with E-state index in [2.05, 4.69) is 5.32 Å². The van der Waals surface area contributed by atoms with Crippen LogP contribution in [0.2, 0.25) is 5.02 Å². The molecule has 0 saturated carbocycles. The SMILES string of the molecule is Cc1ccc(C)c(NC(=O)/C(C#N)=C/c2ccc(Cc3cccc(F)c3)c(Cl)c2)c1. The van der Waals surface area contributed by atoms with E-state index < -0.39 is 5.91 Å². The van der Waals surface area contributed by atoms with Crippen molar-refractivity contribution in [2.45, 2.75) is 20.3 Å². The Labute approximate surface area is 180 Å². The smallest absolute Gasteiger partial charge is 0.266 e. The first-order valence-corrected chi connectivity index (χ1v) is 9.77. The van der Waals surface area contributed by atoms with Crippen LogP contribution in [0, 0.1) is 31.0 Å². The van der Waals surface area contributed by atoms with Gasteiger partial charge in [-0.2, -0.15) is 5.26 Å². The average Bonchev–Trinajstić information content (AvgIpc) is 2.71. The van der Waals surface area contributed by atoms with Crippen molar-refractivity contribution in [3.8, 4) is 6.07 Å². The molecule has 150 valence electrons. The molecule has 5 heteroatoms. The number of nitrogens with one attached hydrogen (secondary N) is 1. The maximum atomic E-state index is 13.4. The average molecular weight is 419 g/mol. The fourth-order valence-corrected chi connectivity index (χ4v) is 3.29. The van der Waals surface area contributed by atoms with Crippen molar-refractivity contribution in [3.05, 3.63) is 105 Å². The molecule has 0 unspecified atom stereocenters. The van der Waals surface area contributed by atoms with Crippen LogP contribution in [0.25, 0.3) is 6.08 Å². The van der Waals surface area contributed by atoms with Gasteiger partial charge < -0.3 is 5.32 Å². The van der Waals surface area contributed by atoms with Crippen molar-refractivity contribution in [2.75, 3.05) is 5.32 Å². The highest BCUT2D eigenvalue weighted by Gasteiger charge is 2.12. The zero-order chi connectivity index (χ0) is 21.7. The van der Waals surface area contributed by atoms with E-state index in [1.807, 2.05) is 50.2 Å². The molecule has 0 aromatic heterocycles. The van der Waals surface area contributed by atoms with Crippen molar-refractivity contribution in [2.24, 2.45) is 0 Å². The van der Waals surface area contributed by atoms with Gasteiger partial charge in [0.1, 0.15) is 17.5 Å². The second kappa shape index (κ2) is 9.39. The Morgan fingerprint density at radius 2 is 1.93 bits per heavy atom. The van der Waals surface area contributed by atoms with E-state index in [0.717, 1.165) is 22.3 Å². The third-order valence-corrected chi connectivity index (χ3v) is 5.03. The molecule has 3 aromatic rings. The Kier molecular flexibility index (Phi) is 6.66. The molecule has 30 heavy (non-hydrogen) atoms. The summed E-state index contributed by atoms with van der Waals surface area (Å²) >= 11 is 6.39. The number of hydrogen-bond acceptors (Lipinski definition) is 2.